The van der Waals surface area contributed by atoms with Crippen LogP contribution in [0.5, 0.6) is 0 Å². The molecule has 1 atom stereocenters. The van der Waals surface area contributed by atoms with E-state index in [4.69, 9.17) is 4.74 Å². The van der Waals surface area contributed by atoms with Crippen LogP contribution in [-0.2, 0) is 9.53 Å². The van der Waals surface area contributed by atoms with Crippen LogP contribution >= 0.6 is 0 Å². The number of carbonyl (C=O) groups excluding carboxylic acids is 1. The molecule has 0 N–H and O–H groups in total. The van der Waals surface area contributed by atoms with Crippen LogP contribution in [0, 0.1) is 5.82 Å². The third-order valence-electron chi connectivity index (χ3n) is 4.10. The Bertz CT molecular complexity index is 577. The van der Waals surface area contributed by atoms with Gasteiger partial charge in [-0.2, -0.15) is 0 Å². The molecule has 6 nitrogen and oxygen atoms in total. The first-order chi connectivity index (χ1) is 11.0. The standard InChI is InChI=1S/C14H17F3N4O2/c15-10-7-18-9-19-12(10)21-5-6-23-11(8-21)13(22)20-3-1-14(16,17)2-4-20/h7,9,11H,1-6,8H2. The van der Waals surface area contributed by atoms with Crippen LogP contribution in [0.25, 0.3) is 0 Å². The second-order valence-electron chi connectivity index (χ2n) is 5.68. The molecule has 1 amide bonds. The summed E-state index contributed by atoms with van der Waals surface area (Å²) in [6.07, 6.45) is 0.814. The van der Waals surface area contributed by atoms with E-state index in [1.807, 2.05) is 0 Å². The van der Waals surface area contributed by atoms with Crippen molar-refractivity contribution in [2.24, 2.45) is 0 Å². The number of rotatable bonds is 2. The summed E-state index contributed by atoms with van der Waals surface area (Å²) < 4.78 is 45.6. The molecule has 0 aromatic carbocycles. The minimum Gasteiger partial charge on any atom is -0.365 e. The molecule has 1 aromatic rings. The number of piperidine rings is 1. The predicted molar refractivity (Wildman–Crippen MR) is 74.7 cm³/mol. The zero-order valence-electron chi connectivity index (χ0n) is 12.4. The number of carbonyl (C=O) groups is 1. The number of halogens is 3. The fourth-order valence-electron chi connectivity index (χ4n) is 2.79. The largest absolute Gasteiger partial charge is 0.365 e. The molecule has 2 fully saturated rings. The second-order valence-corrected chi connectivity index (χ2v) is 5.68. The number of anilines is 1. The third-order valence-corrected chi connectivity index (χ3v) is 4.10. The first kappa shape index (κ1) is 16.0. The topological polar surface area (TPSA) is 58.6 Å². The number of hydrogen-bond donors (Lipinski definition) is 0. The maximum atomic E-state index is 13.8. The minimum absolute atomic E-state index is 0.00750. The smallest absolute Gasteiger partial charge is 0.253 e. The molecule has 2 aliphatic heterocycles. The molecular weight excluding hydrogens is 313 g/mol. The van der Waals surface area contributed by atoms with Gasteiger partial charge in [0.05, 0.1) is 19.3 Å². The van der Waals surface area contributed by atoms with Crippen LogP contribution in [-0.4, -0.2) is 65.6 Å². The van der Waals surface area contributed by atoms with Crippen molar-refractivity contribution in [2.75, 3.05) is 37.7 Å². The van der Waals surface area contributed by atoms with E-state index in [-0.39, 0.29) is 50.8 Å². The molecule has 126 valence electrons. The lowest BCUT2D eigenvalue weighted by Gasteiger charge is -2.37. The number of alkyl halides is 2. The Kier molecular flexibility index (Phi) is 4.38. The molecule has 0 bridgehead atoms. The molecule has 0 aliphatic carbocycles. The van der Waals surface area contributed by atoms with Crippen molar-refractivity contribution in [3.05, 3.63) is 18.3 Å². The second kappa shape index (κ2) is 6.31. The lowest BCUT2D eigenvalue weighted by Crippen LogP contribution is -2.53. The van der Waals surface area contributed by atoms with Crippen molar-refractivity contribution in [3.8, 4) is 0 Å². The highest BCUT2D eigenvalue weighted by Gasteiger charge is 2.38. The number of hydrogen-bond acceptors (Lipinski definition) is 5. The van der Waals surface area contributed by atoms with Gasteiger partial charge in [-0.15, -0.1) is 0 Å². The van der Waals surface area contributed by atoms with Crippen LogP contribution < -0.4 is 4.90 Å². The molecular formula is C14H17F3N4O2. The van der Waals surface area contributed by atoms with Crippen molar-refractivity contribution < 1.29 is 22.7 Å². The van der Waals surface area contributed by atoms with E-state index in [1.165, 1.54) is 11.2 Å². The van der Waals surface area contributed by atoms with Gasteiger partial charge < -0.3 is 14.5 Å². The number of amides is 1. The van der Waals surface area contributed by atoms with Gasteiger partial charge in [0.1, 0.15) is 6.33 Å². The van der Waals surface area contributed by atoms with E-state index in [2.05, 4.69) is 9.97 Å². The molecule has 0 saturated carbocycles. The molecule has 0 spiro atoms. The van der Waals surface area contributed by atoms with Crippen LogP contribution in [0.2, 0.25) is 0 Å². The van der Waals surface area contributed by atoms with Gasteiger partial charge in [0, 0.05) is 32.5 Å². The molecule has 9 heteroatoms. The summed E-state index contributed by atoms with van der Waals surface area (Å²) in [5, 5.41) is 0. The van der Waals surface area contributed by atoms with E-state index in [0.717, 1.165) is 6.20 Å². The Morgan fingerprint density at radius 1 is 1.30 bits per heavy atom. The molecule has 23 heavy (non-hydrogen) atoms. The molecule has 1 aromatic heterocycles. The van der Waals surface area contributed by atoms with E-state index < -0.39 is 17.8 Å². The Hall–Kier alpha value is -1.90. The lowest BCUT2D eigenvalue weighted by molar-refractivity contribution is -0.150. The van der Waals surface area contributed by atoms with Gasteiger partial charge >= 0.3 is 0 Å². The monoisotopic (exact) mass is 330 g/mol. The van der Waals surface area contributed by atoms with Gasteiger partial charge in [-0.3, -0.25) is 4.79 Å². The van der Waals surface area contributed by atoms with Gasteiger partial charge in [-0.25, -0.2) is 23.1 Å². The van der Waals surface area contributed by atoms with Crippen molar-refractivity contribution in [3.63, 3.8) is 0 Å². The Balaban J connectivity index is 1.65. The van der Waals surface area contributed by atoms with Crippen LogP contribution in [0.15, 0.2) is 12.5 Å². The molecule has 1 unspecified atom stereocenters. The quantitative estimate of drug-likeness (QED) is 0.812. The highest BCUT2D eigenvalue weighted by molar-refractivity contribution is 5.82. The summed E-state index contributed by atoms with van der Waals surface area (Å²) in [7, 11) is 0. The summed E-state index contributed by atoms with van der Waals surface area (Å²) in [4.78, 5) is 22.9. The van der Waals surface area contributed by atoms with Crippen molar-refractivity contribution >= 4 is 11.7 Å². The van der Waals surface area contributed by atoms with E-state index in [9.17, 15) is 18.0 Å². The van der Waals surface area contributed by atoms with E-state index in [0.29, 0.717) is 6.54 Å². The van der Waals surface area contributed by atoms with Crippen LogP contribution in [0.1, 0.15) is 12.8 Å². The summed E-state index contributed by atoms with van der Waals surface area (Å²) in [6.45, 7) is 0.792. The van der Waals surface area contributed by atoms with Gasteiger partial charge in [0.2, 0.25) is 0 Å². The predicted octanol–water partition coefficient (Wildman–Crippen LogP) is 1.08. The Morgan fingerprint density at radius 3 is 2.74 bits per heavy atom. The minimum atomic E-state index is -2.71. The average Bonchev–Trinajstić information content (AvgIpc) is 2.55. The van der Waals surface area contributed by atoms with Crippen molar-refractivity contribution in [1.29, 1.82) is 0 Å². The van der Waals surface area contributed by atoms with Crippen molar-refractivity contribution in [2.45, 2.75) is 24.9 Å². The van der Waals surface area contributed by atoms with Gasteiger partial charge in [-0.05, 0) is 0 Å². The number of aromatic nitrogens is 2. The average molecular weight is 330 g/mol. The SMILES string of the molecule is O=C(C1CN(c2ncncc2F)CCO1)N1CCC(F)(F)CC1. The summed E-state index contributed by atoms with van der Waals surface area (Å²) >= 11 is 0. The first-order valence-corrected chi connectivity index (χ1v) is 7.45. The molecule has 3 rings (SSSR count). The maximum Gasteiger partial charge on any atom is 0.253 e. The number of likely N-dealkylation sites (tertiary alicyclic amines) is 1. The third kappa shape index (κ3) is 3.54. The molecule has 0 radical (unpaired) electrons. The number of ether oxygens (including phenoxy) is 1. The first-order valence-electron chi connectivity index (χ1n) is 7.45. The van der Waals surface area contributed by atoms with Gasteiger partial charge in [0.15, 0.2) is 17.7 Å². The Labute approximate surface area is 131 Å². The zero-order valence-corrected chi connectivity index (χ0v) is 12.4. The molecule has 2 aliphatic rings. The maximum absolute atomic E-state index is 13.8. The fourth-order valence-corrected chi connectivity index (χ4v) is 2.79. The fraction of sp³-hybridized carbons (Fsp3) is 0.643. The summed E-state index contributed by atoms with van der Waals surface area (Å²) in [5.41, 5.74) is 0. The van der Waals surface area contributed by atoms with E-state index in [1.54, 1.807) is 4.90 Å². The van der Waals surface area contributed by atoms with Gasteiger partial charge in [0.25, 0.3) is 11.8 Å². The van der Waals surface area contributed by atoms with Crippen LogP contribution in [0.4, 0.5) is 19.0 Å². The van der Waals surface area contributed by atoms with Gasteiger partial charge in [-0.1, -0.05) is 0 Å². The highest BCUT2D eigenvalue weighted by atomic mass is 19.3. The van der Waals surface area contributed by atoms with Crippen LogP contribution in [0.3, 0.4) is 0 Å². The number of morpholine rings is 1. The normalized spacial score (nSPS) is 24.6. The molecule has 3 heterocycles. The zero-order chi connectivity index (χ0) is 16.4. The molecule has 2 saturated heterocycles. The summed E-state index contributed by atoms with van der Waals surface area (Å²) in [6, 6.07) is 0. The van der Waals surface area contributed by atoms with Crippen molar-refractivity contribution in [1.82, 2.24) is 14.9 Å². The van der Waals surface area contributed by atoms with E-state index >= 15 is 0 Å². The lowest BCUT2D eigenvalue weighted by atomic mass is 10.1. The Morgan fingerprint density at radius 2 is 2.04 bits per heavy atom. The number of nitrogens with zero attached hydrogens (tertiary/aromatic N) is 4. The summed E-state index contributed by atoms with van der Waals surface area (Å²) in [5.74, 6) is -3.50. The highest BCUT2D eigenvalue weighted by Crippen LogP contribution is 2.28.